The van der Waals surface area contributed by atoms with E-state index in [0.29, 0.717) is 0 Å². The zero-order chi connectivity index (χ0) is 13.3. The molecule has 1 fully saturated rings. The molecule has 1 saturated heterocycles. The summed E-state index contributed by atoms with van der Waals surface area (Å²) in [5.41, 5.74) is -1.41. The summed E-state index contributed by atoms with van der Waals surface area (Å²) in [4.78, 5) is 25.0. The number of H-pyrrole nitrogens is 1. The van der Waals surface area contributed by atoms with Crippen LogP contribution in [0.25, 0.3) is 0 Å². The van der Waals surface area contributed by atoms with Crippen LogP contribution in [0.15, 0.2) is 15.8 Å². The van der Waals surface area contributed by atoms with Crippen molar-refractivity contribution in [3.63, 3.8) is 0 Å². The highest BCUT2D eigenvalue weighted by Gasteiger charge is 2.35. The molecule has 7 nitrogen and oxygen atoms in total. The lowest BCUT2D eigenvalue weighted by Crippen LogP contribution is -2.36. The molecule has 0 amide bonds. The molecule has 1 aromatic heterocycles. The molecule has 96 valence electrons. The summed E-state index contributed by atoms with van der Waals surface area (Å²) >= 11 is 0. The Morgan fingerprint density at radius 2 is 2.33 bits per heavy atom. The number of aliphatic hydroxyl groups is 2. The highest BCUT2D eigenvalue weighted by molar-refractivity contribution is 5.26. The van der Waals surface area contributed by atoms with Crippen molar-refractivity contribution in [3.05, 3.63) is 32.6 Å². The van der Waals surface area contributed by atoms with E-state index in [9.17, 15) is 14.7 Å². The minimum Gasteiger partial charge on any atom is -0.394 e. The summed E-state index contributed by atoms with van der Waals surface area (Å²) in [5, 5.41) is 18.7. The Morgan fingerprint density at radius 3 is 2.89 bits per heavy atom. The van der Waals surface area contributed by atoms with E-state index in [1.54, 1.807) is 0 Å². The van der Waals surface area contributed by atoms with Crippen LogP contribution < -0.4 is 11.2 Å². The topological polar surface area (TPSA) is 105 Å². The van der Waals surface area contributed by atoms with Crippen molar-refractivity contribution in [2.45, 2.75) is 24.9 Å². The summed E-state index contributed by atoms with van der Waals surface area (Å²) in [6.07, 6.45) is 4.04. The second-order valence-corrected chi connectivity index (χ2v) is 3.99. The molecule has 2 heterocycles. The molecular weight excluding hydrogens is 240 g/mol. The number of hydrogen-bond donors (Lipinski definition) is 3. The van der Waals surface area contributed by atoms with Crippen LogP contribution >= 0.6 is 0 Å². The first kappa shape index (κ1) is 12.6. The van der Waals surface area contributed by atoms with E-state index in [1.807, 2.05) is 4.98 Å². The van der Waals surface area contributed by atoms with Gasteiger partial charge in [0.05, 0.1) is 12.7 Å². The van der Waals surface area contributed by atoms with Crippen LogP contribution in [0, 0.1) is 12.3 Å². The molecule has 3 N–H and O–H groups in total. The number of rotatable bonds is 2. The molecule has 1 aromatic rings. The molecule has 3 atom stereocenters. The number of hydrogen-bond acceptors (Lipinski definition) is 5. The van der Waals surface area contributed by atoms with Crippen LogP contribution in [0.1, 0.15) is 18.2 Å². The number of terminal acetylenes is 1. The predicted octanol–water partition coefficient (Wildman–Crippen LogP) is -1.84. The molecule has 0 aliphatic carbocycles. The van der Waals surface area contributed by atoms with Gasteiger partial charge in [0.1, 0.15) is 11.7 Å². The summed E-state index contributed by atoms with van der Waals surface area (Å²) in [7, 11) is 0. The van der Waals surface area contributed by atoms with Crippen molar-refractivity contribution in [2.24, 2.45) is 0 Å². The van der Waals surface area contributed by atoms with Crippen LogP contribution in [0.4, 0.5) is 0 Å². The highest BCUT2D eigenvalue weighted by Crippen LogP contribution is 2.27. The molecular formula is C11H12N2O5. The standard InChI is InChI=1S/C11H12N2O5/c1-2-6-4-13(11(17)12-9(6)16)10-8(15)3-7(5-14)18-10/h1,4,7-8,10,14-15H,3,5H2,(H,12,16,17)/t7-,8?,10+/m1/s1. The van der Waals surface area contributed by atoms with Gasteiger partial charge in [-0.15, -0.1) is 6.42 Å². The molecule has 2 rings (SSSR count). The Labute approximate surface area is 102 Å². The van der Waals surface area contributed by atoms with Gasteiger partial charge in [-0.1, -0.05) is 5.92 Å². The maximum Gasteiger partial charge on any atom is 0.330 e. The predicted molar refractivity (Wildman–Crippen MR) is 60.9 cm³/mol. The van der Waals surface area contributed by atoms with E-state index in [1.165, 1.54) is 0 Å². The van der Waals surface area contributed by atoms with Gasteiger partial charge in [0, 0.05) is 12.6 Å². The first-order chi connectivity index (χ1) is 8.56. The summed E-state index contributed by atoms with van der Waals surface area (Å²) < 4.78 is 6.33. The van der Waals surface area contributed by atoms with Gasteiger partial charge in [-0.3, -0.25) is 14.3 Å². The average molecular weight is 252 g/mol. The fraction of sp³-hybridized carbons (Fsp3) is 0.455. The zero-order valence-corrected chi connectivity index (χ0v) is 9.37. The summed E-state index contributed by atoms with van der Waals surface area (Å²) in [5.74, 6) is 2.14. The van der Waals surface area contributed by atoms with E-state index in [-0.39, 0.29) is 18.6 Å². The van der Waals surface area contributed by atoms with Crippen LogP contribution in [0.2, 0.25) is 0 Å². The molecule has 0 radical (unpaired) electrons. The molecule has 1 aliphatic heterocycles. The second-order valence-electron chi connectivity index (χ2n) is 3.99. The molecule has 0 bridgehead atoms. The largest absolute Gasteiger partial charge is 0.394 e. The van der Waals surface area contributed by atoms with Crippen LogP contribution in [-0.4, -0.2) is 38.6 Å². The average Bonchev–Trinajstić information content (AvgIpc) is 2.71. The lowest BCUT2D eigenvalue weighted by Gasteiger charge is -2.17. The summed E-state index contributed by atoms with van der Waals surface area (Å²) in [6, 6.07) is 0. The highest BCUT2D eigenvalue weighted by atomic mass is 16.5. The van der Waals surface area contributed by atoms with Crippen LogP contribution in [-0.2, 0) is 4.74 Å². The molecule has 0 spiro atoms. The second kappa shape index (κ2) is 4.78. The van der Waals surface area contributed by atoms with Gasteiger partial charge in [0.2, 0.25) is 0 Å². The van der Waals surface area contributed by atoms with E-state index >= 15 is 0 Å². The first-order valence-electron chi connectivity index (χ1n) is 5.33. The number of nitrogens with zero attached hydrogens (tertiary/aromatic N) is 1. The molecule has 0 aromatic carbocycles. The van der Waals surface area contributed by atoms with E-state index in [4.69, 9.17) is 16.3 Å². The Balaban J connectivity index is 2.43. The number of ether oxygens (including phenoxy) is 1. The first-order valence-corrected chi connectivity index (χ1v) is 5.33. The van der Waals surface area contributed by atoms with Gasteiger partial charge in [0.25, 0.3) is 5.56 Å². The van der Waals surface area contributed by atoms with Crippen molar-refractivity contribution < 1.29 is 14.9 Å². The van der Waals surface area contributed by atoms with Crippen LogP contribution in [0.3, 0.4) is 0 Å². The molecule has 0 saturated carbocycles. The third-order valence-corrected chi connectivity index (χ3v) is 2.77. The zero-order valence-electron chi connectivity index (χ0n) is 9.37. The Hall–Kier alpha value is -1.88. The minimum absolute atomic E-state index is 0.0298. The fourth-order valence-corrected chi connectivity index (χ4v) is 1.87. The Morgan fingerprint density at radius 1 is 1.61 bits per heavy atom. The van der Waals surface area contributed by atoms with E-state index < -0.39 is 29.7 Å². The van der Waals surface area contributed by atoms with Crippen molar-refractivity contribution >= 4 is 0 Å². The monoisotopic (exact) mass is 252 g/mol. The molecule has 7 heteroatoms. The number of aromatic amines is 1. The normalized spacial score (nSPS) is 27.1. The summed E-state index contributed by atoms with van der Waals surface area (Å²) in [6.45, 7) is -0.256. The van der Waals surface area contributed by atoms with Gasteiger partial charge in [-0.05, 0) is 0 Å². The van der Waals surface area contributed by atoms with E-state index in [2.05, 4.69) is 5.92 Å². The van der Waals surface area contributed by atoms with Crippen molar-refractivity contribution in [1.82, 2.24) is 9.55 Å². The molecule has 18 heavy (non-hydrogen) atoms. The van der Waals surface area contributed by atoms with Gasteiger partial charge in [-0.25, -0.2) is 4.79 Å². The third kappa shape index (κ3) is 2.09. The Kier molecular flexibility index (Phi) is 3.34. The number of aliphatic hydroxyl groups excluding tert-OH is 2. The van der Waals surface area contributed by atoms with Gasteiger partial charge in [-0.2, -0.15) is 0 Å². The van der Waals surface area contributed by atoms with Crippen molar-refractivity contribution in [2.75, 3.05) is 6.61 Å². The molecule has 1 aliphatic rings. The van der Waals surface area contributed by atoms with Crippen molar-refractivity contribution in [3.8, 4) is 12.3 Å². The maximum atomic E-state index is 11.6. The minimum atomic E-state index is -0.960. The smallest absolute Gasteiger partial charge is 0.330 e. The number of nitrogens with one attached hydrogen (secondary N) is 1. The SMILES string of the molecule is C#Cc1cn([C@H]2O[C@@H](CO)CC2O)c(=O)[nH]c1=O. The third-order valence-electron chi connectivity index (χ3n) is 2.77. The van der Waals surface area contributed by atoms with Gasteiger partial charge in [0.15, 0.2) is 6.23 Å². The van der Waals surface area contributed by atoms with Gasteiger partial charge < -0.3 is 14.9 Å². The maximum absolute atomic E-state index is 11.6. The fourth-order valence-electron chi connectivity index (χ4n) is 1.87. The lowest BCUT2D eigenvalue weighted by molar-refractivity contribution is -0.0531. The van der Waals surface area contributed by atoms with Crippen molar-refractivity contribution in [1.29, 1.82) is 0 Å². The van der Waals surface area contributed by atoms with Crippen LogP contribution in [0.5, 0.6) is 0 Å². The lowest BCUT2D eigenvalue weighted by atomic mass is 10.2. The van der Waals surface area contributed by atoms with Gasteiger partial charge >= 0.3 is 5.69 Å². The van der Waals surface area contributed by atoms with E-state index in [0.717, 1.165) is 10.8 Å². The molecule has 1 unspecified atom stereocenters. The quantitative estimate of drug-likeness (QED) is 0.536. The number of aromatic nitrogens is 2. The Bertz CT molecular complexity index is 597.